The maximum atomic E-state index is 5.63. The lowest BCUT2D eigenvalue weighted by molar-refractivity contribution is 0.315. The predicted octanol–water partition coefficient (Wildman–Crippen LogP) is 3.58. The van der Waals surface area contributed by atoms with Crippen molar-refractivity contribution in [2.24, 2.45) is 0 Å². The van der Waals surface area contributed by atoms with Crippen molar-refractivity contribution in [3.63, 3.8) is 0 Å². The van der Waals surface area contributed by atoms with Gasteiger partial charge in [-0.3, -0.25) is 0 Å². The van der Waals surface area contributed by atoms with Gasteiger partial charge in [-0.1, -0.05) is 30.3 Å². The molecule has 2 aromatic rings. The number of ether oxygens (including phenoxy) is 2. The summed E-state index contributed by atoms with van der Waals surface area (Å²) >= 11 is 0. The zero-order valence-electron chi connectivity index (χ0n) is 11.1. The highest BCUT2D eigenvalue weighted by atomic mass is 16.5. The first kappa shape index (κ1) is 13.3. The Morgan fingerprint density at radius 2 is 1.68 bits per heavy atom. The van der Waals surface area contributed by atoms with E-state index in [0.29, 0.717) is 6.61 Å². The molecule has 0 aromatic heterocycles. The normalized spacial score (nSPS) is 9.95. The second-order valence-electron chi connectivity index (χ2n) is 4.14. The van der Waals surface area contributed by atoms with Crippen LogP contribution in [0.2, 0.25) is 0 Å². The molecule has 1 N–H and O–H groups in total. The summed E-state index contributed by atoms with van der Waals surface area (Å²) < 4.78 is 10.9. The van der Waals surface area contributed by atoms with Crippen molar-refractivity contribution < 1.29 is 9.47 Å². The van der Waals surface area contributed by atoms with Gasteiger partial charge in [0, 0.05) is 6.54 Å². The molecule has 0 amide bonds. The van der Waals surface area contributed by atoms with Crippen LogP contribution < -0.4 is 14.8 Å². The molecule has 0 saturated carbocycles. The average Bonchev–Trinajstić information content (AvgIpc) is 2.48. The van der Waals surface area contributed by atoms with Crippen molar-refractivity contribution in [3.8, 4) is 11.5 Å². The van der Waals surface area contributed by atoms with Gasteiger partial charge in [0.1, 0.15) is 11.5 Å². The van der Waals surface area contributed by atoms with Gasteiger partial charge in [-0.15, -0.1) is 0 Å². The van der Waals surface area contributed by atoms with E-state index in [0.717, 1.165) is 30.2 Å². The highest BCUT2D eigenvalue weighted by Crippen LogP contribution is 2.22. The number of methoxy groups -OCH3 is 1. The van der Waals surface area contributed by atoms with E-state index >= 15 is 0 Å². The minimum Gasteiger partial charge on any atom is -0.495 e. The first-order valence-corrected chi connectivity index (χ1v) is 6.45. The van der Waals surface area contributed by atoms with Crippen LogP contribution >= 0.6 is 0 Å². The summed E-state index contributed by atoms with van der Waals surface area (Å²) in [5.41, 5.74) is 1.02. The van der Waals surface area contributed by atoms with E-state index in [-0.39, 0.29) is 0 Å². The molecule has 3 nitrogen and oxygen atoms in total. The molecule has 3 heteroatoms. The molecule has 0 bridgehead atoms. The fourth-order valence-corrected chi connectivity index (χ4v) is 1.79. The SMILES string of the molecule is COc1ccccc1NCCCOc1ccccc1. The molecule has 0 heterocycles. The number of para-hydroxylation sites is 3. The number of hydrogen-bond acceptors (Lipinski definition) is 3. The van der Waals surface area contributed by atoms with Crippen LogP contribution in [0.3, 0.4) is 0 Å². The summed E-state index contributed by atoms with van der Waals surface area (Å²) in [5, 5.41) is 3.35. The minimum absolute atomic E-state index is 0.701. The molecule has 0 atom stereocenters. The van der Waals surface area contributed by atoms with Crippen molar-refractivity contribution in [2.45, 2.75) is 6.42 Å². The molecule has 0 radical (unpaired) electrons. The fourth-order valence-electron chi connectivity index (χ4n) is 1.79. The Balaban J connectivity index is 1.69. The zero-order chi connectivity index (χ0) is 13.3. The highest BCUT2D eigenvalue weighted by Gasteiger charge is 1.99. The summed E-state index contributed by atoms with van der Waals surface area (Å²) in [7, 11) is 1.68. The third kappa shape index (κ3) is 4.21. The van der Waals surface area contributed by atoms with Crippen molar-refractivity contribution in [3.05, 3.63) is 54.6 Å². The monoisotopic (exact) mass is 257 g/mol. The molecule has 0 spiro atoms. The molecule has 100 valence electrons. The highest BCUT2D eigenvalue weighted by molar-refractivity contribution is 5.55. The van der Waals surface area contributed by atoms with Gasteiger partial charge >= 0.3 is 0 Å². The lowest BCUT2D eigenvalue weighted by Gasteiger charge is -2.11. The molecule has 0 fully saturated rings. The van der Waals surface area contributed by atoms with Gasteiger partial charge in [-0.05, 0) is 30.7 Å². The molecule has 19 heavy (non-hydrogen) atoms. The van der Waals surface area contributed by atoms with Gasteiger partial charge in [0.15, 0.2) is 0 Å². The van der Waals surface area contributed by atoms with E-state index < -0.39 is 0 Å². The van der Waals surface area contributed by atoms with Crippen molar-refractivity contribution in [1.82, 2.24) is 0 Å². The molecule has 0 aliphatic carbocycles. The van der Waals surface area contributed by atoms with E-state index in [9.17, 15) is 0 Å². The Hall–Kier alpha value is -2.16. The van der Waals surface area contributed by atoms with Crippen LogP contribution in [0.5, 0.6) is 11.5 Å². The predicted molar refractivity (Wildman–Crippen MR) is 78.0 cm³/mol. The van der Waals surface area contributed by atoms with Crippen LogP contribution in [0.4, 0.5) is 5.69 Å². The van der Waals surface area contributed by atoms with Crippen LogP contribution in [0.15, 0.2) is 54.6 Å². The quantitative estimate of drug-likeness (QED) is 0.769. The smallest absolute Gasteiger partial charge is 0.141 e. The largest absolute Gasteiger partial charge is 0.495 e. The van der Waals surface area contributed by atoms with Crippen LogP contribution in [0.25, 0.3) is 0 Å². The maximum Gasteiger partial charge on any atom is 0.141 e. The van der Waals surface area contributed by atoms with Gasteiger partial charge in [0.2, 0.25) is 0 Å². The first-order valence-electron chi connectivity index (χ1n) is 6.45. The van der Waals surface area contributed by atoms with E-state index in [4.69, 9.17) is 9.47 Å². The number of benzene rings is 2. The Bertz CT molecular complexity index is 485. The molecule has 0 aliphatic heterocycles. The second kappa shape index (κ2) is 7.31. The number of rotatable bonds is 7. The molecule has 0 saturated heterocycles. The van der Waals surface area contributed by atoms with Crippen LogP contribution in [0, 0.1) is 0 Å². The summed E-state index contributed by atoms with van der Waals surface area (Å²) in [6.45, 7) is 1.55. The Morgan fingerprint density at radius 3 is 2.47 bits per heavy atom. The summed E-state index contributed by atoms with van der Waals surface area (Å²) in [5.74, 6) is 1.78. The van der Waals surface area contributed by atoms with Crippen LogP contribution in [0.1, 0.15) is 6.42 Å². The topological polar surface area (TPSA) is 30.5 Å². The fraction of sp³-hybridized carbons (Fsp3) is 0.250. The Morgan fingerprint density at radius 1 is 0.947 bits per heavy atom. The molecule has 0 unspecified atom stereocenters. The summed E-state index contributed by atoms with van der Waals surface area (Å²) in [6.07, 6.45) is 0.937. The Kier molecular flexibility index (Phi) is 5.11. The van der Waals surface area contributed by atoms with E-state index in [1.54, 1.807) is 7.11 Å². The average molecular weight is 257 g/mol. The molecule has 2 aromatic carbocycles. The Labute approximate surface area is 114 Å². The van der Waals surface area contributed by atoms with Gasteiger partial charge in [0.05, 0.1) is 19.4 Å². The van der Waals surface area contributed by atoms with E-state index in [2.05, 4.69) is 5.32 Å². The van der Waals surface area contributed by atoms with E-state index in [1.807, 2.05) is 54.6 Å². The molecular weight excluding hydrogens is 238 g/mol. The first-order chi connectivity index (χ1) is 9.40. The van der Waals surface area contributed by atoms with Gasteiger partial charge in [0.25, 0.3) is 0 Å². The standard InChI is InChI=1S/C16H19NO2/c1-18-16-11-6-5-10-15(16)17-12-7-13-19-14-8-3-2-4-9-14/h2-6,8-11,17H,7,12-13H2,1H3. The van der Waals surface area contributed by atoms with Gasteiger partial charge in [-0.2, -0.15) is 0 Å². The zero-order valence-corrected chi connectivity index (χ0v) is 11.1. The number of hydrogen-bond donors (Lipinski definition) is 1. The lowest BCUT2D eigenvalue weighted by atomic mass is 10.3. The molecule has 0 aliphatic rings. The lowest BCUT2D eigenvalue weighted by Crippen LogP contribution is -2.08. The third-order valence-corrected chi connectivity index (χ3v) is 2.76. The van der Waals surface area contributed by atoms with Gasteiger partial charge in [-0.25, -0.2) is 0 Å². The molecule has 2 rings (SSSR count). The van der Waals surface area contributed by atoms with Crippen molar-refractivity contribution in [1.29, 1.82) is 0 Å². The van der Waals surface area contributed by atoms with Crippen LogP contribution in [-0.4, -0.2) is 20.3 Å². The number of nitrogens with one attached hydrogen (secondary N) is 1. The minimum atomic E-state index is 0.701. The maximum absolute atomic E-state index is 5.63. The third-order valence-electron chi connectivity index (χ3n) is 2.76. The van der Waals surface area contributed by atoms with Crippen molar-refractivity contribution in [2.75, 3.05) is 25.6 Å². The second-order valence-corrected chi connectivity index (χ2v) is 4.14. The summed E-state index contributed by atoms with van der Waals surface area (Å²) in [6, 6.07) is 17.8. The van der Waals surface area contributed by atoms with Crippen molar-refractivity contribution >= 4 is 5.69 Å². The van der Waals surface area contributed by atoms with E-state index in [1.165, 1.54) is 0 Å². The van der Waals surface area contributed by atoms with Crippen LogP contribution in [-0.2, 0) is 0 Å². The molecular formula is C16H19NO2. The number of anilines is 1. The van der Waals surface area contributed by atoms with Gasteiger partial charge < -0.3 is 14.8 Å². The summed E-state index contributed by atoms with van der Waals surface area (Å²) in [4.78, 5) is 0.